The first-order valence-corrected chi connectivity index (χ1v) is 7.78. The van der Waals surface area contributed by atoms with Gasteiger partial charge in [0.1, 0.15) is 11.1 Å². The maximum Gasteiger partial charge on any atom is 0.105 e. The van der Waals surface area contributed by atoms with Crippen LogP contribution in [0.25, 0.3) is 5.57 Å². The average molecular weight is 309 g/mol. The number of anilines is 1. The highest BCUT2D eigenvalue weighted by molar-refractivity contribution is 7.17. The number of hydrogen-bond donors (Lipinski definition) is 2. The van der Waals surface area contributed by atoms with Crippen LogP contribution in [0.3, 0.4) is 0 Å². The molecule has 22 heavy (non-hydrogen) atoms. The van der Waals surface area contributed by atoms with Gasteiger partial charge in [-0.15, -0.1) is 11.3 Å². The Balaban J connectivity index is 2.23. The van der Waals surface area contributed by atoms with Gasteiger partial charge in [0.15, 0.2) is 0 Å². The molecule has 0 bridgehead atoms. The molecular weight excluding hydrogens is 294 g/mol. The van der Waals surface area contributed by atoms with Gasteiger partial charge in [0.25, 0.3) is 0 Å². The van der Waals surface area contributed by atoms with Crippen LogP contribution < -0.4 is 5.73 Å². The molecule has 2 heterocycles. The van der Waals surface area contributed by atoms with E-state index in [1.165, 1.54) is 11.3 Å². The topological polar surface area (TPSA) is 86.8 Å². The largest absolute Gasteiger partial charge is 0.472 e. The Labute approximate surface area is 132 Å². The molecule has 1 aliphatic rings. The number of hydrogen-bond acceptors (Lipinski definition) is 5. The van der Waals surface area contributed by atoms with Crippen molar-refractivity contribution in [2.75, 3.05) is 5.73 Å². The summed E-state index contributed by atoms with van der Waals surface area (Å²) in [5, 5.41) is 18.4. The smallest absolute Gasteiger partial charge is 0.105 e. The first-order chi connectivity index (χ1) is 10.7. The molecule has 110 valence electrons. The second-order valence-electron chi connectivity index (χ2n) is 5.05. The van der Waals surface area contributed by atoms with Crippen molar-refractivity contribution in [3.8, 4) is 6.07 Å². The van der Waals surface area contributed by atoms with Crippen LogP contribution in [0.4, 0.5) is 5.00 Å². The number of nitrogen functional groups attached to an aromatic ring is 1. The number of thiophene rings is 1. The monoisotopic (exact) mass is 309 g/mol. The van der Waals surface area contributed by atoms with Gasteiger partial charge in [-0.3, -0.25) is 5.41 Å². The molecule has 4 nitrogen and oxygen atoms in total. The number of nitriles is 1. The minimum Gasteiger partial charge on any atom is -0.472 e. The summed E-state index contributed by atoms with van der Waals surface area (Å²) in [6.07, 6.45) is 8.73. The van der Waals surface area contributed by atoms with Crippen LogP contribution in [0.2, 0.25) is 0 Å². The fourth-order valence-electron chi connectivity index (χ4n) is 2.77. The minimum atomic E-state index is 0.411. The Hall–Kier alpha value is -2.58. The summed E-state index contributed by atoms with van der Waals surface area (Å²) in [5.41, 5.74) is 10.6. The Morgan fingerprint density at radius 3 is 2.95 bits per heavy atom. The molecule has 3 N–H and O–H groups in total. The lowest BCUT2D eigenvalue weighted by atomic mass is 9.85. The van der Waals surface area contributed by atoms with Crippen molar-refractivity contribution in [2.24, 2.45) is 0 Å². The molecule has 0 radical (unpaired) electrons. The minimum absolute atomic E-state index is 0.411. The third kappa shape index (κ3) is 2.18. The molecule has 0 aromatic carbocycles. The van der Waals surface area contributed by atoms with Gasteiger partial charge in [0.2, 0.25) is 0 Å². The second kappa shape index (κ2) is 5.66. The molecule has 0 saturated heterocycles. The molecule has 0 unspecified atom stereocenters. The van der Waals surface area contributed by atoms with Gasteiger partial charge in [-0.2, -0.15) is 5.26 Å². The van der Waals surface area contributed by atoms with E-state index in [4.69, 9.17) is 15.6 Å². The number of nitrogens with zero attached hydrogens (tertiary/aromatic N) is 1. The predicted octanol–water partition coefficient (Wildman–Crippen LogP) is 4.14. The second-order valence-corrected chi connectivity index (χ2v) is 6.10. The molecule has 1 aliphatic carbocycles. The zero-order valence-corrected chi connectivity index (χ0v) is 13.0. The van der Waals surface area contributed by atoms with Crippen molar-refractivity contribution >= 4 is 27.6 Å². The average Bonchev–Trinajstić information content (AvgIpc) is 3.13. The lowest BCUT2D eigenvalue weighted by molar-refractivity contribution is 0.567. The Morgan fingerprint density at radius 1 is 1.50 bits per heavy atom. The standard InChI is InChI=1S/C17H15N3OS/c1-2-3-10-4-5-12-13(8-18)17(20)22-16(12)14(10)15(19)11-6-7-21-9-11/h2-3,6-7,9,19H,4-5,20H2,1H3/b3-2+,19-15?. The Morgan fingerprint density at radius 2 is 2.32 bits per heavy atom. The first-order valence-electron chi connectivity index (χ1n) is 6.96. The summed E-state index contributed by atoms with van der Waals surface area (Å²) in [7, 11) is 0. The zero-order valence-electron chi connectivity index (χ0n) is 12.1. The van der Waals surface area contributed by atoms with Crippen LogP contribution in [0, 0.1) is 16.7 Å². The number of nitrogens with two attached hydrogens (primary N) is 1. The van der Waals surface area contributed by atoms with Crippen molar-refractivity contribution in [2.45, 2.75) is 19.8 Å². The van der Waals surface area contributed by atoms with Gasteiger partial charge in [-0.05, 0) is 37.0 Å². The van der Waals surface area contributed by atoms with Gasteiger partial charge in [0.05, 0.1) is 23.8 Å². The van der Waals surface area contributed by atoms with Crippen molar-refractivity contribution in [3.05, 3.63) is 57.9 Å². The first kappa shape index (κ1) is 14.4. The van der Waals surface area contributed by atoms with Crippen LogP contribution in [0.5, 0.6) is 0 Å². The maximum absolute atomic E-state index is 9.32. The van der Waals surface area contributed by atoms with E-state index in [0.717, 1.165) is 40.0 Å². The third-order valence-electron chi connectivity index (χ3n) is 3.77. The number of nitrogens with one attached hydrogen (secondary N) is 1. The van der Waals surface area contributed by atoms with Crippen LogP contribution in [-0.2, 0) is 6.42 Å². The molecule has 0 fully saturated rings. The fraction of sp³-hybridized carbons (Fsp3) is 0.176. The lowest BCUT2D eigenvalue weighted by Crippen LogP contribution is -2.10. The Bertz CT molecular complexity index is 832. The molecule has 2 aromatic rings. The van der Waals surface area contributed by atoms with E-state index in [2.05, 4.69) is 6.07 Å². The summed E-state index contributed by atoms with van der Waals surface area (Å²) >= 11 is 1.40. The lowest BCUT2D eigenvalue weighted by Gasteiger charge is -2.19. The van der Waals surface area contributed by atoms with Crippen LogP contribution in [0.15, 0.2) is 40.7 Å². The molecule has 0 atom stereocenters. The predicted molar refractivity (Wildman–Crippen MR) is 89.0 cm³/mol. The number of rotatable bonds is 3. The number of furan rings is 1. The summed E-state index contributed by atoms with van der Waals surface area (Å²) in [6.45, 7) is 1.96. The van der Waals surface area contributed by atoms with E-state index in [0.29, 0.717) is 16.3 Å². The summed E-state index contributed by atoms with van der Waals surface area (Å²) in [5.74, 6) is 0. The highest BCUT2D eigenvalue weighted by Gasteiger charge is 2.27. The van der Waals surface area contributed by atoms with Crippen molar-refractivity contribution in [1.29, 1.82) is 10.7 Å². The molecule has 2 aromatic heterocycles. The molecule has 0 saturated carbocycles. The normalized spacial score (nSPS) is 14.2. The van der Waals surface area contributed by atoms with Gasteiger partial charge in [0, 0.05) is 16.0 Å². The van der Waals surface area contributed by atoms with E-state index in [9.17, 15) is 5.26 Å². The van der Waals surface area contributed by atoms with E-state index in [-0.39, 0.29) is 0 Å². The number of fused-ring (bicyclic) bond motifs is 1. The van der Waals surface area contributed by atoms with Crippen molar-refractivity contribution < 1.29 is 4.42 Å². The summed E-state index contributed by atoms with van der Waals surface area (Å²) in [6, 6.07) is 3.98. The molecule has 0 spiro atoms. The highest BCUT2D eigenvalue weighted by Crippen LogP contribution is 2.43. The van der Waals surface area contributed by atoms with Crippen LogP contribution >= 0.6 is 11.3 Å². The van der Waals surface area contributed by atoms with Crippen molar-refractivity contribution in [3.63, 3.8) is 0 Å². The fourth-order valence-corrected chi connectivity index (χ4v) is 3.92. The molecule has 5 heteroatoms. The van der Waals surface area contributed by atoms with Crippen LogP contribution in [-0.4, -0.2) is 5.71 Å². The molecular formula is C17H15N3OS. The van der Waals surface area contributed by atoms with E-state index in [1.54, 1.807) is 18.6 Å². The van der Waals surface area contributed by atoms with E-state index < -0.39 is 0 Å². The quantitative estimate of drug-likeness (QED) is 0.835. The summed E-state index contributed by atoms with van der Waals surface area (Å²) in [4.78, 5) is 0.944. The van der Waals surface area contributed by atoms with Crippen molar-refractivity contribution in [1.82, 2.24) is 0 Å². The van der Waals surface area contributed by atoms with E-state index >= 15 is 0 Å². The molecule has 0 amide bonds. The van der Waals surface area contributed by atoms with E-state index in [1.807, 2.05) is 19.1 Å². The summed E-state index contributed by atoms with van der Waals surface area (Å²) < 4.78 is 5.10. The number of allylic oxidation sites excluding steroid dienone is 4. The molecule has 3 rings (SSSR count). The van der Waals surface area contributed by atoms with Gasteiger partial charge < -0.3 is 10.2 Å². The maximum atomic E-state index is 9.32. The third-order valence-corrected chi connectivity index (χ3v) is 4.84. The zero-order chi connectivity index (χ0) is 15.7. The van der Waals surface area contributed by atoms with Gasteiger partial charge in [-0.25, -0.2) is 0 Å². The highest BCUT2D eigenvalue weighted by atomic mass is 32.1. The SMILES string of the molecule is C/C=C/C1=C(C(=N)c2ccoc2)c2sc(N)c(C#N)c2CC1. The molecule has 0 aliphatic heterocycles. The van der Waals surface area contributed by atoms with Gasteiger partial charge in [-0.1, -0.05) is 12.2 Å². The van der Waals surface area contributed by atoms with Crippen LogP contribution in [0.1, 0.15) is 34.9 Å². The van der Waals surface area contributed by atoms with Gasteiger partial charge >= 0.3 is 0 Å². The Kier molecular flexibility index (Phi) is 3.70.